The van der Waals surface area contributed by atoms with Crippen molar-refractivity contribution in [1.82, 2.24) is 19.6 Å². The van der Waals surface area contributed by atoms with Crippen molar-refractivity contribution in [3.05, 3.63) is 60.2 Å². The minimum Gasteiger partial charge on any atom is -0.444 e. The Balaban J connectivity index is 1.08. The van der Waals surface area contributed by atoms with Crippen LogP contribution < -0.4 is 10.2 Å². The number of ether oxygens (including phenoxy) is 1. The molecule has 2 aromatic rings. The summed E-state index contributed by atoms with van der Waals surface area (Å²) in [5.41, 5.74) is 0.853. The number of piperidine rings is 1. The molecule has 1 N–H and O–H groups in total. The van der Waals surface area contributed by atoms with E-state index in [9.17, 15) is 18.0 Å². The van der Waals surface area contributed by atoms with Crippen LogP contribution in [-0.2, 0) is 19.6 Å². The molecule has 3 aliphatic rings. The molecular formula is C30H41N5O6S. The van der Waals surface area contributed by atoms with E-state index in [4.69, 9.17) is 9.57 Å². The number of hydrogen-bond donors (Lipinski definition) is 1. The van der Waals surface area contributed by atoms with Crippen LogP contribution in [0.1, 0.15) is 44.0 Å². The van der Waals surface area contributed by atoms with Gasteiger partial charge in [-0.05, 0) is 63.9 Å². The molecule has 3 saturated heterocycles. The average molecular weight is 600 g/mol. The summed E-state index contributed by atoms with van der Waals surface area (Å²) in [4.78, 5) is 34.8. The monoisotopic (exact) mass is 599 g/mol. The van der Waals surface area contributed by atoms with E-state index in [2.05, 4.69) is 15.1 Å². The van der Waals surface area contributed by atoms with Gasteiger partial charge in [-0.25, -0.2) is 18.0 Å². The molecular weight excluding hydrogens is 558 g/mol. The summed E-state index contributed by atoms with van der Waals surface area (Å²) in [6.45, 7) is 10.7. The van der Waals surface area contributed by atoms with Gasteiger partial charge in [-0.3, -0.25) is 4.90 Å². The Kier molecular flexibility index (Phi) is 9.07. The SMILES string of the molecule is CC(C)(C)OC(=O)NC1CCN(S(=O)(=O)c2cccc(N3CCN(C4CN(OC(=O)c5ccccc5)C4)CC3)c2)CC1. The van der Waals surface area contributed by atoms with Crippen LogP contribution in [0.5, 0.6) is 0 Å². The number of nitrogens with zero attached hydrogens (tertiary/aromatic N) is 4. The van der Waals surface area contributed by atoms with Gasteiger partial charge in [0.15, 0.2) is 0 Å². The lowest BCUT2D eigenvalue weighted by Crippen LogP contribution is -2.63. The molecule has 3 fully saturated rings. The van der Waals surface area contributed by atoms with E-state index in [0.717, 1.165) is 31.9 Å². The predicted octanol–water partition coefficient (Wildman–Crippen LogP) is 2.94. The van der Waals surface area contributed by atoms with Gasteiger partial charge in [0.2, 0.25) is 10.0 Å². The molecule has 3 aliphatic heterocycles. The van der Waals surface area contributed by atoms with Gasteiger partial charge in [-0.2, -0.15) is 4.31 Å². The van der Waals surface area contributed by atoms with Crippen molar-refractivity contribution >= 4 is 27.8 Å². The van der Waals surface area contributed by atoms with Crippen LogP contribution in [0.2, 0.25) is 0 Å². The second-order valence-corrected chi connectivity index (χ2v) is 14.0. The summed E-state index contributed by atoms with van der Waals surface area (Å²) in [5, 5.41) is 4.56. The normalized spacial score (nSPS) is 20.1. The van der Waals surface area contributed by atoms with Crippen molar-refractivity contribution in [1.29, 1.82) is 0 Å². The molecule has 12 heteroatoms. The maximum atomic E-state index is 13.5. The first-order chi connectivity index (χ1) is 20.0. The van der Waals surface area contributed by atoms with Crippen LogP contribution in [0.3, 0.4) is 0 Å². The molecule has 0 radical (unpaired) electrons. The van der Waals surface area contributed by atoms with E-state index in [1.807, 2.05) is 45.0 Å². The smallest absolute Gasteiger partial charge is 0.407 e. The van der Waals surface area contributed by atoms with Gasteiger partial charge in [0.1, 0.15) is 5.60 Å². The summed E-state index contributed by atoms with van der Waals surface area (Å²) < 4.78 is 33.8. The molecule has 5 rings (SSSR count). The first-order valence-electron chi connectivity index (χ1n) is 14.6. The lowest BCUT2D eigenvalue weighted by atomic mass is 10.1. The Labute approximate surface area is 248 Å². The molecule has 42 heavy (non-hydrogen) atoms. The van der Waals surface area contributed by atoms with Crippen molar-refractivity contribution in [2.45, 2.75) is 56.2 Å². The fourth-order valence-corrected chi connectivity index (χ4v) is 7.03. The molecule has 3 heterocycles. The summed E-state index contributed by atoms with van der Waals surface area (Å²) in [7, 11) is -3.65. The van der Waals surface area contributed by atoms with Crippen molar-refractivity contribution in [3.8, 4) is 0 Å². The predicted molar refractivity (Wildman–Crippen MR) is 159 cm³/mol. The first kappa shape index (κ1) is 30.3. The highest BCUT2D eigenvalue weighted by Crippen LogP contribution is 2.27. The number of carbonyl (C=O) groups excluding carboxylic acids is 2. The summed E-state index contributed by atoms with van der Waals surface area (Å²) >= 11 is 0. The minimum absolute atomic E-state index is 0.118. The number of nitrogens with one attached hydrogen (secondary N) is 1. The third-order valence-electron chi connectivity index (χ3n) is 7.88. The fourth-order valence-electron chi connectivity index (χ4n) is 5.52. The summed E-state index contributed by atoms with van der Waals surface area (Å²) in [6, 6.07) is 16.4. The van der Waals surface area contributed by atoms with Crippen molar-refractivity contribution in [2.75, 3.05) is 57.3 Å². The standard InChI is InChI=1S/C30H41N5O6S/c1-30(2,3)40-29(37)31-24-12-14-35(15-13-24)42(38,39)27-11-7-10-25(20-27)32-16-18-33(19-17-32)26-21-34(22-26)41-28(36)23-8-5-4-6-9-23/h4-11,20,24,26H,12-19,21-22H2,1-3H3,(H,31,37). The Hall–Kier alpha value is -3.19. The van der Waals surface area contributed by atoms with Crippen LogP contribution in [0.4, 0.5) is 10.5 Å². The van der Waals surface area contributed by atoms with Gasteiger partial charge in [0.05, 0.1) is 23.5 Å². The molecule has 228 valence electrons. The molecule has 0 saturated carbocycles. The maximum Gasteiger partial charge on any atom is 0.407 e. The second-order valence-electron chi connectivity index (χ2n) is 12.1. The van der Waals surface area contributed by atoms with Crippen molar-refractivity contribution in [2.24, 2.45) is 0 Å². The number of hydrogen-bond acceptors (Lipinski definition) is 9. The van der Waals surface area contributed by atoms with Gasteiger partial charge in [-0.1, -0.05) is 24.3 Å². The molecule has 0 spiro atoms. The van der Waals surface area contributed by atoms with Crippen LogP contribution in [-0.4, -0.2) is 105 Å². The van der Waals surface area contributed by atoms with Gasteiger partial charge in [-0.15, -0.1) is 5.06 Å². The minimum atomic E-state index is -3.65. The Morgan fingerprint density at radius 1 is 0.881 bits per heavy atom. The highest BCUT2D eigenvalue weighted by molar-refractivity contribution is 7.89. The number of sulfonamides is 1. The number of hydroxylamine groups is 2. The fraction of sp³-hybridized carbons (Fsp3) is 0.533. The Bertz CT molecular complexity index is 1340. The second kappa shape index (κ2) is 12.6. The van der Waals surface area contributed by atoms with Crippen LogP contribution in [0.25, 0.3) is 0 Å². The summed E-state index contributed by atoms with van der Waals surface area (Å²) in [5.74, 6) is -0.337. The van der Waals surface area contributed by atoms with Gasteiger partial charge in [0.25, 0.3) is 0 Å². The zero-order chi connectivity index (χ0) is 29.9. The van der Waals surface area contributed by atoms with Gasteiger partial charge >= 0.3 is 12.1 Å². The van der Waals surface area contributed by atoms with Crippen LogP contribution >= 0.6 is 0 Å². The number of carbonyl (C=O) groups is 2. The van der Waals surface area contributed by atoms with E-state index in [1.54, 1.807) is 35.4 Å². The number of alkyl carbamates (subject to hydrolysis) is 1. The maximum absolute atomic E-state index is 13.5. The molecule has 0 atom stereocenters. The topological polar surface area (TPSA) is 112 Å². The quantitative estimate of drug-likeness (QED) is 0.514. The average Bonchev–Trinajstić information content (AvgIpc) is 2.94. The third-order valence-corrected chi connectivity index (χ3v) is 9.77. The zero-order valence-corrected chi connectivity index (χ0v) is 25.4. The highest BCUT2D eigenvalue weighted by atomic mass is 32.2. The van der Waals surface area contributed by atoms with E-state index >= 15 is 0 Å². The van der Waals surface area contributed by atoms with E-state index in [1.165, 1.54) is 4.31 Å². The van der Waals surface area contributed by atoms with Crippen LogP contribution in [0, 0.1) is 0 Å². The largest absolute Gasteiger partial charge is 0.444 e. The van der Waals surface area contributed by atoms with Gasteiger partial charge in [0, 0.05) is 57.0 Å². The summed E-state index contributed by atoms with van der Waals surface area (Å²) in [6.07, 6.45) is 0.590. The molecule has 0 unspecified atom stereocenters. The molecule has 0 aromatic heterocycles. The Morgan fingerprint density at radius 3 is 2.19 bits per heavy atom. The molecule has 0 aliphatic carbocycles. The lowest BCUT2D eigenvalue weighted by molar-refractivity contribution is -0.180. The molecule has 11 nitrogen and oxygen atoms in total. The lowest BCUT2D eigenvalue weighted by Gasteiger charge is -2.47. The van der Waals surface area contributed by atoms with Gasteiger partial charge < -0.3 is 19.8 Å². The number of benzene rings is 2. The number of amides is 1. The molecule has 1 amide bonds. The molecule has 0 bridgehead atoms. The van der Waals surface area contributed by atoms with Crippen molar-refractivity contribution in [3.63, 3.8) is 0 Å². The van der Waals surface area contributed by atoms with Crippen molar-refractivity contribution < 1.29 is 27.6 Å². The van der Waals surface area contributed by atoms with Crippen LogP contribution in [0.15, 0.2) is 59.5 Å². The number of anilines is 1. The third kappa shape index (κ3) is 7.41. The van der Waals surface area contributed by atoms with E-state index < -0.39 is 21.7 Å². The van der Waals surface area contributed by atoms with E-state index in [0.29, 0.717) is 50.6 Å². The highest BCUT2D eigenvalue weighted by Gasteiger charge is 2.36. The van der Waals surface area contributed by atoms with E-state index in [-0.39, 0.29) is 16.9 Å². The number of piperazine rings is 1. The Morgan fingerprint density at radius 2 is 1.55 bits per heavy atom. The number of rotatable bonds is 7. The first-order valence-corrected chi connectivity index (χ1v) is 16.0. The molecule has 2 aromatic carbocycles. The zero-order valence-electron chi connectivity index (χ0n) is 24.6.